The third kappa shape index (κ3) is 40.8. The van der Waals surface area contributed by atoms with Crippen molar-refractivity contribution in [3.05, 3.63) is 122 Å². The molecule has 0 bridgehead atoms. The van der Waals surface area contributed by atoms with E-state index in [1.54, 1.807) is 6.08 Å². The Morgan fingerprint density at radius 2 is 0.909 bits per heavy atom. The maximum absolute atomic E-state index is 12.6. The lowest BCUT2D eigenvalue weighted by Crippen LogP contribution is -2.30. The molecule has 6 nitrogen and oxygen atoms in total. The van der Waals surface area contributed by atoms with Gasteiger partial charge in [-0.1, -0.05) is 181 Å². The average Bonchev–Trinajstić information content (AvgIpc) is 3.18. The maximum atomic E-state index is 12.6. The summed E-state index contributed by atoms with van der Waals surface area (Å²) in [6, 6.07) is 0. The third-order valence-corrected chi connectivity index (χ3v) is 8.11. The standard InChI is InChI=1S/C49H74O6/c1-4-7-10-13-16-19-21-23-24-26-27-30-33-36-39-42-48(51)54-45-46(44-53-47(50)41-38-35-32-29-18-15-12-9-6-3)55-49(52)43-40-37-34-31-28-25-22-20-17-14-11-8-5-2/h7,9-10,12-13,16,18-19,21,23-29,34-35,37-38,46H,4-6,8,11,14-15,17,20,22,30-33,36,39-45H2,1-3H3/b10-7-,12-9-,16-13-,21-19-,24-23-,27-26-,28-25-,29-18-,37-34-,38-35-. The molecule has 6 heteroatoms. The lowest BCUT2D eigenvalue weighted by atomic mass is 10.1. The predicted molar refractivity (Wildman–Crippen MR) is 233 cm³/mol. The van der Waals surface area contributed by atoms with Crippen LogP contribution in [0.1, 0.15) is 149 Å². The van der Waals surface area contributed by atoms with Crippen LogP contribution >= 0.6 is 0 Å². The summed E-state index contributed by atoms with van der Waals surface area (Å²) in [4.78, 5) is 37.5. The van der Waals surface area contributed by atoms with Gasteiger partial charge in [-0.05, 0) is 70.6 Å². The third-order valence-electron chi connectivity index (χ3n) is 8.11. The van der Waals surface area contributed by atoms with Crippen molar-refractivity contribution >= 4 is 17.9 Å². The van der Waals surface area contributed by atoms with Crippen molar-refractivity contribution in [2.24, 2.45) is 0 Å². The topological polar surface area (TPSA) is 78.9 Å². The zero-order valence-electron chi connectivity index (χ0n) is 34.6. The zero-order valence-corrected chi connectivity index (χ0v) is 34.6. The van der Waals surface area contributed by atoms with Gasteiger partial charge in [0, 0.05) is 12.8 Å². The number of allylic oxidation sites excluding steroid dienone is 19. The first-order valence-electron chi connectivity index (χ1n) is 21.1. The van der Waals surface area contributed by atoms with Gasteiger partial charge in [0.2, 0.25) is 0 Å². The minimum atomic E-state index is -0.862. The first-order valence-corrected chi connectivity index (χ1v) is 21.1. The van der Waals surface area contributed by atoms with E-state index in [0.717, 1.165) is 57.8 Å². The van der Waals surface area contributed by atoms with Crippen molar-refractivity contribution in [3.8, 4) is 0 Å². The fraction of sp³-hybridized carbons (Fsp3) is 0.531. The quantitative estimate of drug-likeness (QED) is 0.0210. The van der Waals surface area contributed by atoms with Crippen molar-refractivity contribution < 1.29 is 28.6 Å². The molecule has 0 saturated carbocycles. The first-order chi connectivity index (χ1) is 27.0. The van der Waals surface area contributed by atoms with Crippen molar-refractivity contribution in [2.75, 3.05) is 13.2 Å². The number of esters is 3. The van der Waals surface area contributed by atoms with Gasteiger partial charge in [-0.25, -0.2) is 0 Å². The smallest absolute Gasteiger partial charge is 0.309 e. The van der Waals surface area contributed by atoms with Crippen LogP contribution in [-0.4, -0.2) is 37.2 Å². The van der Waals surface area contributed by atoms with Crippen molar-refractivity contribution in [1.29, 1.82) is 0 Å². The number of carbonyl (C=O) groups is 3. The molecule has 0 fully saturated rings. The molecule has 0 aromatic heterocycles. The van der Waals surface area contributed by atoms with E-state index in [4.69, 9.17) is 14.2 Å². The van der Waals surface area contributed by atoms with Crippen LogP contribution in [-0.2, 0) is 28.6 Å². The highest BCUT2D eigenvalue weighted by molar-refractivity contribution is 5.72. The molecule has 0 saturated heterocycles. The molecule has 0 aliphatic rings. The fourth-order valence-corrected chi connectivity index (χ4v) is 4.99. The highest BCUT2D eigenvalue weighted by atomic mass is 16.6. The second kappa shape index (κ2) is 42.6. The molecule has 1 unspecified atom stereocenters. The SMILES string of the molecule is CC\C=C/C=C\C=C/C=C\C=C/CCCCCC(=O)OCC(COC(=O)C/C=C\C/C=C\C/C=C\CC)OC(=O)CC/C=C\C/C=C\CCCCCCCC. The Hall–Kier alpha value is -4.19. The molecule has 0 aromatic carbocycles. The highest BCUT2D eigenvalue weighted by Crippen LogP contribution is 2.09. The van der Waals surface area contributed by atoms with Crippen LogP contribution in [0.15, 0.2) is 122 Å². The molecule has 0 spiro atoms. The summed E-state index contributed by atoms with van der Waals surface area (Å²) in [5, 5.41) is 0. The average molecular weight is 759 g/mol. The molecule has 0 aliphatic carbocycles. The van der Waals surface area contributed by atoms with Gasteiger partial charge in [0.15, 0.2) is 6.10 Å². The summed E-state index contributed by atoms with van der Waals surface area (Å²) in [6.07, 6.45) is 58.0. The Morgan fingerprint density at radius 1 is 0.418 bits per heavy atom. The second-order valence-electron chi connectivity index (χ2n) is 13.3. The molecule has 0 aliphatic heterocycles. The second-order valence-corrected chi connectivity index (χ2v) is 13.3. The minimum Gasteiger partial charge on any atom is -0.462 e. The molecule has 0 radical (unpaired) electrons. The van der Waals surface area contributed by atoms with E-state index in [2.05, 4.69) is 75.5 Å². The molecule has 0 heterocycles. The van der Waals surface area contributed by atoms with E-state index in [1.165, 1.54) is 38.5 Å². The Labute approximate surface area is 335 Å². The molecular formula is C49H74O6. The maximum Gasteiger partial charge on any atom is 0.309 e. The molecule has 1 atom stereocenters. The van der Waals surface area contributed by atoms with E-state index in [-0.39, 0.29) is 38.4 Å². The molecule has 0 rings (SSSR count). The van der Waals surface area contributed by atoms with Crippen molar-refractivity contribution in [1.82, 2.24) is 0 Å². The largest absolute Gasteiger partial charge is 0.462 e. The Balaban J connectivity index is 4.64. The number of hydrogen-bond acceptors (Lipinski definition) is 6. The molecule has 0 amide bonds. The van der Waals surface area contributed by atoms with Crippen molar-refractivity contribution in [3.63, 3.8) is 0 Å². The summed E-state index contributed by atoms with van der Waals surface area (Å²) in [5.74, 6) is -1.21. The van der Waals surface area contributed by atoms with Crippen LogP contribution in [0.5, 0.6) is 0 Å². The number of hydrogen-bond donors (Lipinski definition) is 0. The van der Waals surface area contributed by atoms with Gasteiger partial charge in [-0.3, -0.25) is 14.4 Å². The van der Waals surface area contributed by atoms with E-state index < -0.39 is 18.0 Å². The monoisotopic (exact) mass is 759 g/mol. The zero-order chi connectivity index (χ0) is 40.1. The summed E-state index contributed by atoms with van der Waals surface area (Å²) in [7, 11) is 0. The fourth-order valence-electron chi connectivity index (χ4n) is 4.99. The van der Waals surface area contributed by atoms with Crippen LogP contribution in [0, 0.1) is 0 Å². The lowest BCUT2D eigenvalue weighted by Gasteiger charge is -2.18. The normalized spacial score (nSPS) is 13.3. The number of carbonyl (C=O) groups excluding carboxylic acids is 3. The molecule has 55 heavy (non-hydrogen) atoms. The van der Waals surface area contributed by atoms with Crippen LogP contribution in [0.25, 0.3) is 0 Å². The van der Waals surface area contributed by atoms with Gasteiger partial charge in [0.1, 0.15) is 13.2 Å². The van der Waals surface area contributed by atoms with E-state index in [1.807, 2.05) is 60.8 Å². The lowest BCUT2D eigenvalue weighted by molar-refractivity contribution is -0.166. The van der Waals surface area contributed by atoms with Gasteiger partial charge >= 0.3 is 17.9 Å². The van der Waals surface area contributed by atoms with E-state index in [9.17, 15) is 14.4 Å². The molecule has 0 aromatic rings. The highest BCUT2D eigenvalue weighted by Gasteiger charge is 2.19. The van der Waals surface area contributed by atoms with Crippen LogP contribution < -0.4 is 0 Å². The minimum absolute atomic E-state index is 0.111. The number of ether oxygens (including phenoxy) is 3. The van der Waals surface area contributed by atoms with Gasteiger partial charge in [-0.15, -0.1) is 0 Å². The van der Waals surface area contributed by atoms with Gasteiger partial charge < -0.3 is 14.2 Å². The summed E-state index contributed by atoms with van der Waals surface area (Å²) < 4.78 is 16.4. The predicted octanol–water partition coefficient (Wildman–Crippen LogP) is 13.4. The summed E-state index contributed by atoms with van der Waals surface area (Å²) in [5.41, 5.74) is 0. The molecule has 306 valence electrons. The Bertz CT molecular complexity index is 1240. The van der Waals surface area contributed by atoms with Gasteiger partial charge in [0.25, 0.3) is 0 Å². The number of rotatable bonds is 35. The van der Waals surface area contributed by atoms with Crippen LogP contribution in [0.2, 0.25) is 0 Å². The van der Waals surface area contributed by atoms with Crippen LogP contribution in [0.4, 0.5) is 0 Å². The Morgan fingerprint density at radius 3 is 1.56 bits per heavy atom. The van der Waals surface area contributed by atoms with Gasteiger partial charge in [-0.2, -0.15) is 0 Å². The first kappa shape index (κ1) is 50.8. The summed E-state index contributed by atoms with van der Waals surface area (Å²) >= 11 is 0. The Kier molecular flexibility index (Phi) is 39.3. The van der Waals surface area contributed by atoms with E-state index in [0.29, 0.717) is 12.8 Å². The number of unbranched alkanes of at least 4 members (excludes halogenated alkanes) is 9. The molecular weight excluding hydrogens is 685 g/mol. The van der Waals surface area contributed by atoms with Crippen molar-refractivity contribution in [2.45, 2.75) is 155 Å². The van der Waals surface area contributed by atoms with Crippen LogP contribution in [0.3, 0.4) is 0 Å². The molecule has 0 N–H and O–H groups in total. The van der Waals surface area contributed by atoms with Gasteiger partial charge in [0.05, 0.1) is 6.42 Å². The van der Waals surface area contributed by atoms with E-state index >= 15 is 0 Å². The summed E-state index contributed by atoms with van der Waals surface area (Å²) in [6.45, 7) is 6.13.